The predicted octanol–water partition coefficient (Wildman–Crippen LogP) is 5.52. The van der Waals surface area contributed by atoms with E-state index in [2.05, 4.69) is 0 Å². The normalized spacial score (nSPS) is 10.4. The first-order valence-corrected chi connectivity index (χ1v) is 6.91. The maximum atomic E-state index is 11.7. The molecule has 0 aliphatic carbocycles. The van der Waals surface area contributed by atoms with Gasteiger partial charge in [-0.2, -0.15) is 0 Å². The van der Waals surface area contributed by atoms with Crippen LogP contribution in [0.25, 0.3) is 0 Å². The van der Waals surface area contributed by atoms with Gasteiger partial charge in [-0.3, -0.25) is 4.90 Å². The van der Waals surface area contributed by atoms with Crippen molar-refractivity contribution >= 4 is 63.8 Å². The molecule has 0 atom stereocenters. The van der Waals surface area contributed by atoms with Crippen LogP contribution in [0.4, 0.5) is 16.2 Å². The topological polar surface area (TPSA) is 46.3 Å². The Morgan fingerprint density at radius 2 is 1.20 bits per heavy atom. The fourth-order valence-electron chi connectivity index (χ4n) is 1.65. The lowest BCUT2D eigenvalue weighted by Gasteiger charge is -2.21. The highest BCUT2D eigenvalue weighted by Crippen LogP contribution is 2.34. The minimum absolute atomic E-state index is 0.315. The number of amides is 2. The summed E-state index contributed by atoms with van der Waals surface area (Å²) in [6.07, 6.45) is 0. The van der Waals surface area contributed by atoms with E-state index in [9.17, 15) is 4.79 Å². The minimum Gasteiger partial charge on any atom is -0.351 e. The van der Waals surface area contributed by atoms with Crippen molar-refractivity contribution in [2.75, 3.05) is 4.90 Å². The molecule has 0 saturated carbocycles. The number of benzene rings is 2. The molecule has 2 rings (SSSR count). The number of nitrogens with zero attached hydrogens (tertiary/aromatic N) is 1. The van der Waals surface area contributed by atoms with E-state index in [0.29, 0.717) is 31.5 Å². The first-order valence-electron chi connectivity index (χ1n) is 5.40. The van der Waals surface area contributed by atoms with Crippen LogP contribution in [-0.2, 0) is 0 Å². The Labute approximate surface area is 135 Å². The second-order valence-electron chi connectivity index (χ2n) is 3.87. The van der Waals surface area contributed by atoms with Crippen molar-refractivity contribution in [2.45, 2.75) is 0 Å². The fraction of sp³-hybridized carbons (Fsp3) is 0. The Bertz CT molecular complexity index is 624. The van der Waals surface area contributed by atoms with Gasteiger partial charge in [-0.1, -0.05) is 46.4 Å². The number of nitrogens with two attached hydrogens (primary N) is 1. The molecule has 3 nitrogen and oxygen atoms in total. The van der Waals surface area contributed by atoms with Gasteiger partial charge >= 0.3 is 6.03 Å². The molecule has 0 spiro atoms. The highest BCUT2D eigenvalue weighted by Gasteiger charge is 2.17. The largest absolute Gasteiger partial charge is 0.351 e. The quantitative estimate of drug-likeness (QED) is 0.762. The van der Waals surface area contributed by atoms with E-state index in [1.807, 2.05) is 0 Å². The standard InChI is InChI=1S/C13H8Cl4N2O/c14-9-3-1-7(5-11(9)16)19(13(18)20)8-2-4-10(15)12(17)6-8/h1-6H,(H2,18,20). The first-order chi connectivity index (χ1) is 9.40. The van der Waals surface area contributed by atoms with Crippen LogP contribution >= 0.6 is 46.4 Å². The number of carbonyl (C=O) groups excluding carboxylic acids is 1. The molecule has 0 unspecified atom stereocenters. The van der Waals surface area contributed by atoms with Crippen molar-refractivity contribution in [3.63, 3.8) is 0 Å². The first kappa shape index (κ1) is 15.3. The Balaban J connectivity index is 2.53. The van der Waals surface area contributed by atoms with Crippen molar-refractivity contribution < 1.29 is 4.79 Å². The van der Waals surface area contributed by atoms with Crippen molar-refractivity contribution in [1.29, 1.82) is 0 Å². The number of halogens is 4. The van der Waals surface area contributed by atoms with Gasteiger partial charge in [0.1, 0.15) is 0 Å². The molecule has 0 saturated heterocycles. The summed E-state index contributed by atoms with van der Waals surface area (Å²) in [4.78, 5) is 12.9. The zero-order valence-corrected chi connectivity index (χ0v) is 12.9. The maximum absolute atomic E-state index is 11.7. The molecule has 0 radical (unpaired) electrons. The third kappa shape index (κ3) is 3.13. The summed E-state index contributed by atoms with van der Waals surface area (Å²) in [5.74, 6) is 0. The Morgan fingerprint density at radius 1 is 0.800 bits per heavy atom. The smallest absolute Gasteiger partial charge is 0.323 e. The molecule has 104 valence electrons. The zero-order chi connectivity index (χ0) is 14.9. The van der Waals surface area contributed by atoms with Crippen LogP contribution in [-0.4, -0.2) is 6.03 Å². The fourth-order valence-corrected chi connectivity index (χ4v) is 2.24. The number of hydrogen-bond acceptors (Lipinski definition) is 1. The van der Waals surface area contributed by atoms with E-state index in [1.165, 1.54) is 17.0 Å². The van der Waals surface area contributed by atoms with Crippen molar-refractivity contribution in [1.82, 2.24) is 0 Å². The SMILES string of the molecule is NC(=O)N(c1ccc(Cl)c(Cl)c1)c1ccc(Cl)c(Cl)c1. The van der Waals surface area contributed by atoms with Gasteiger partial charge in [0.05, 0.1) is 31.5 Å². The number of primary amides is 1. The van der Waals surface area contributed by atoms with Gasteiger partial charge in [0.15, 0.2) is 0 Å². The Kier molecular flexibility index (Phi) is 4.66. The van der Waals surface area contributed by atoms with Gasteiger partial charge in [-0.25, -0.2) is 4.79 Å². The Hall–Kier alpha value is -1.13. The van der Waals surface area contributed by atoms with Crippen LogP contribution in [0.2, 0.25) is 20.1 Å². The van der Waals surface area contributed by atoms with Crippen LogP contribution in [0, 0.1) is 0 Å². The maximum Gasteiger partial charge on any atom is 0.323 e. The van der Waals surface area contributed by atoms with E-state index in [1.54, 1.807) is 24.3 Å². The molecule has 0 aromatic heterocycles. The number of rotatable bonds is 2. The van der Waals surface area contributed by atoms with E-state index in [0.717, 1.165) is 0 Å². The van der Waals surface area contributed by atoms with Gasteiger partial charge in [-0.05, 0) is 36.4 Å². The summed E-state index contributed by atoms with van der Waals surface area (Å²) < 4.78 is 0. The summed E-state index contributed by atoms with van der Waals surface area (Å²) in [7, 11) is 0. The summed E-state index contributed by atoms with van der Waals surface area (Å²) in [5.41, 5.74) is 6.37. The number of carbonyl (C=O) groups is 1. The molecule has 0 heterocycles. The number of anilines is 2. The average Bonchev–Trinajstić information content (AvgIpc) is 2.38. The molecule has 2 N–H and O–H groups in total. The molecular weight excluding hydrogens is 342 g/mol. The molecule has 20 heavy (non-hydrogen) atoms. The lowest BCUT2D eigenvalue weighted by atomic mass is 10.2. The molecule has 2 aromatic carbocycles. The second-order valence-corrected chi connectivity index (χ2v) is 5.50. The third-order valence-electron chi connectivity index (χ3n) is 2.54. The molecule has 0 aliphatic heterocycles. The van der Waals surface area contributed by atoms with Gasteiger partial charge in [0, 0.05) is 0 Å². The Morgan fingerprint density at radius 3 is 1.50 bits per heavy atom. The van der Waals surface area contributed by atoms with E-state index >= 15 is 0 Å². The monoisotopic (exact) mass is 348 g/mol. The van der Waals surface area contributed by atoms with E-state index in [4.69, 9.17) is 52.1 Å². The third-order valence-corrected chi connectivity index (χ3v) is 4.02. The highest BCUT2D eigenvalue weighted by molar-refractivity contribution is 6.42. The minimum atomic E-state index is -0.679. The summed E-state index contributed by atoms with van der Waals surface area (Å²) in [6, 6.07) is 8.80. The van der Waals surface area contributed by atoms with Crippen LogP contribution in [0.3, 0.4) is 0 Å². The molecule has 2 aromatic rings. The highest BCUT2D eigenvalue weighted by atomic mass is 35.5. The van der Waals surface area contributed by atoms with Crippen molar-refractivity contribution in [3.8, 4) is 0 Å². The van der Waals surface area contributed by atoms with Gasteiger partial charge in [-0.15, -0.1) is 0 Å². The van der Waals surface area contributed by atoms with Crippen molar-refractivity contribution in [2.24, 2.45) is 5.73 Å². The average molecular weight is 350 g/mol. The van der Waals surface area contributed by atoms with Crippen LogP contribution in [0.1, 0.15) is 0 Å². The number of urea groups is 1. The molecule has 0 aliphatic rings. The summed E-state index contributed by atoms with van der Waals surface area (Å²) >= 11 is 23.6. The summed E-state index contributed by atoms with van der Waals surface area (Å²) in [6.45, 7) is 0. The molecule has 0 fully saturated rings. The van der Waals surface area contributed by atoms with Crippen LogP contribution < -0.4 is 10.6 Å². The second kappa shape index (κ2) is 6.10. The van der Waals surface area contributed by atoms with E-state index in [-0.39, 0.29) is 0 Å². The zero-order valence-electron chi connectivity index (χ0n) is 9.91. The van der Waals surface area contributed by atoms with Crippen LogP contribution in [0.15, 0.2) is 36.4 Å². The van der Waals surface area contributed by atoms with Crippen LogP contribution in [0.5, 0.6) is 0 Å². The number of hydrogen-bond donors (Lipinski definition) is 1. The lowest BCUT2D eigenvalue weighted by molar-refractivity contribution is 0.256. The molecule has 7 heteroatoms. The van der Waals surface area contributed by atoms with E-state index < -0.39 is 6.03 Å². The molecule has 0 bridgehead atoms. The van der Waals surface area contributed by atoms with Gasteiger partial charge in [0.25, 0.3) is 0 Å². The predicted molar refractivity (Wildman–Crippen MR) is 84.6 cm³/mol. The summed E-state index contributed by atoms with van der Waals surface area (Å²) in [5, 5.41) is 1.40. The molecular formula is C13H8Cl4N2O. The van der Waals surface area contributed by atoms with Gasteiger partial charge in [0.2, 0.25) is 0 Å². The van der Waals surface area contributed by atoms with Gasteiger partial charge < -0.3 is 5.73 Å². The lowest BCUT2D eigenvalue weighted by Crippen LogP contribution is -2.31. The molecule has 2 amide bonds. The van der Waals surface area contributed by atoms with Crippen molar-refractivity contribution in [3.05, 3.63) is 56.5 Å².